The third kappa shape index (κ3) is 6.61. The van der Waals surface area contributed by atoms with Crippen molar-refractivity contribution in [2.75, 3.05) is 4.90 Å². The number of nitrogens with zero attached hydrogens (tertiary/aromatic N) is 1. The lowest BCUT2D eigenvalue weighted by molar-refractivity contribution is 0.669. The predicted octanol–water partition coefficient (Wildman–Crippen LogP) is 17.7. The van der Waals surface area contributed by atoms with E-state index in [2.05, 4.69) is 241 Å². The maximum atomic E-state index is 6.30. The van der Waals surface area contributed by atoms with Crippen LogP contribution < -0.4 is 4.90 Å². The van der Waals surface area contributed by atoms with Crippen LogP contribution in [-0.4, -0.2) is 0 Å². The lowest BCUT2D eigenvalue weighted by Gasteiger charge is -2.29. The highest BCUT2D eigenvalue weighted by Crippen LogP contribution is 2.45. The summed E-state index contributed by atoms with van der Waals surface area (Å²) in [6.45, 7) is 0. The average Bonchev–Trinajstić information content (AvgIpc) is 3.76. The van der Waals surface area contributed by atoms with Crippen LogP contribution in [0.5, 0.6) is 0 Å². The monoisotopic (exact) mass is 815 g/mol. The Labute approximate surface area is 372 Å². The molecule has 12 aromatic rings. The molecule has 0 aliphatic carbocycles. The molecule has 300 valence electrons. The summed E-state index contributed by atoms with van der Waals surface area (Å²) in [5, 5.41) is 7.23. The molecule has 0 fully saturated rings. The SMILES string of the molecule is c1ccc(-c2ccc(-c3cccc4ccccc34)cc2N(c2ccc(-c3ccc(-c4cccc5ccccc45)cc3)cc2)c2ccc(-c3cccc4oc5ccccc5c34)cc2)cc1. The number of fused-ring (bicyclic) bond motifs is 5. The van der Waals surface area contributed by atoms with E-state index < -0.39 is 0 Å². The molecule has 0 radical (unpaired) electrons. The van der Waals surface area contributed by atoms with Gasteiger partial charge in [-0.15, -0.1) is 0 Å². The van der Waals surface area contributed by atoms with Gasteiger partial charge in [-0.1, -0.05) is 206 Å². The Balaban J connectivity index is 0.997. The highest BCUT2D eigenvalue weighted by atomic mass is 16.3. The van der Waals surface area contributed by atoms with Crippen LogP contribution >= 0.6 is 0 Å². The van der Waals surface area contributed by atoms with Gasteiger partial charge in [-0.25, -0.2) is 0 Å². The summed E-state index contributed by atoms with van der Waals surface area (Å²) < 4.78 is 6.30. The van der Waals surface area contributed by atoms with Crippen LogP contribution in [-0.2, 0) is 0 Å². The fourth-order valence-corrected chi connectivity index (χ4v) is 9.58. The van der Waals surface area contributed by atoms with Gasteiger partial charge in [-0.05, 0) is 114 Å². The van der Waals surface area contributed by atoms with E-state index in [4.69, 9.17) is 4.42 Å². The normalized spacial score (nSPS) is 11.4. The summed E-state index contributed by atoms with van der Waals surface area (Å²) in [6, 6.07) is 89.8. The second-order valence-corrected chi connectivity index (χ2v) is 16.4. The Morgan fingerprint density at radius 3 is 1.38 bits per heavy atom. The molecule has 1 aromatic heterocycles. The van der Waals surface area contributed by atoms with Gasteiger partial charge in [0.05, 0.1) is 5.69 Å². The number of rotatable bonds is 8. The Kier molecular flexibility index (Phi) is 9.20. The molecule has 0 aliphatic heterocycles. The van der Waals surface area contributed by atoms with E-state index in [0.717, 1.165) is 72.4 Å². The maximum absolute atomic E-state index is 6.30. The molecule has 0 amide bonds. The van der Waals surface area contributed by atoms with Crippen molar-refractivity contribution >= 4 is 60.5 Å². The third-order valence-electron chi connectivity index (χ3n) is 12.7. The van der Waals surface area contributed by atoms with Gasteiger partial charge >= 0.3 is 0 Å². The van der Waals surface area contributed by atoms with E-state index in [1.165, 1.54) is 43.8 Å². The van der Waals surface area contributed by atoms with Gasteiger partial charge in [0.15, 0.2) is 0 Å². The first-order valence-corrected chi connectivity index (χ1v) is 21.9. The number of hydrogen-bond acceptors (Lipinski definition) is 2. The highest BCUT2D eigenvalue weighted by Gasteiger charge is 2.20. The largest absolute Gasteiger partial charge is 0.456 e. The molecule has 0 aliphatic rings. The second kappa shape index (κ2) is 15.8. The Bertz CT molecular complexity index is 3630. The van der Waals surface area contributed by atoms with Crippen molar-refractivity contribution in [1.82, 2.24) is 0 Å². The van der Waals surface area contributed by atoms with Crippen molar-refractivity contribution in [2.24, 2.45) is 0 Å². The molecule has 0 saturated heterocycles. The Morgan fingerprint density at radius 2 is 0.703 bits per heavy atom. The van der Waals surface area contributed by atoms with E-state index in [1.807, 2.05) is 12.1 Å². The average molecular weight is 816 g/mol. The molecule has 2 nitrogen and oxygen atoms in total. The second-order valence-electron chi connectivity index (χ2n) is 16.4. The summed E-state index contributed by atoms with van der Waals surface area (Å²) in [7, 11) is 0. The molecule has 2 heteroatoms. The topological polar surface area (TPSA) is 16.4 Å². The van der Waals surface area contributed by atoms with Crippen LogP contribution in [0.2, 0.25) is 0 Å². The maximum Gasteiger partial charge on any atom is 0.136 e. The Morgan fingerprint density at radius 1 is 0.266 bits per heavy atom. The number of hydrogen-bond donors (Lipinski definition) is 0. The van der Waals surface area contributed by atoms with Crippen LogP contribution in [0.15, 0.2) is 253 Å². The van der Waals surface area contributed by atoms with Gasteiger partial charge in [0.25, 0.3) is 0 Å². The van der Waals surface area contributed by atoms with Gasteiger partial charge in [0.2, 0.25) is 0 Å². The first-order chi connectivity index (χ1) is 31.7. The zero-order valence-corrected chi connectivity index (χ0v) is 35.0. The summed E-state index contributed by atoms with van der Waals surface area (Å²) in [5.74, 6) is 0. The molecular weight excluding hydrogens is 775 g/mol. The van der Waals surface area contributed by atoms with E-state index in [9.17, 15) is 0 Å². The first-order valence-electron chi connectivity index (χ1n) is 21.9. The zero-order chi connectivity index (χ0) is 42.4. The lowest BCUT2D eigenvalue weighted by atomic mass is 9.93. The van der Waals surface area contributed by atoms with Crippen molar-refractivity contribution in [1.29, 1.82) is 0 Å². The molecule has 12 rings (SSSR count). The third-order valence-corrected chi connectivity index (χ3v) is 12.7. The molecule has 0 saturated carbocycles. The molecule has 0 bridgehead atoms. The molecule has 1 heterocycles. The quantitative estimate of drug-likeness (QED) is 0.152. The minimum Gasteiger partial charge on any atom is -0.456 e. The number of benzene rings is 11. The fraction of sp³-hybridized carbons (Fsp3) is 0. The fourth-order valence-electron chi connectivity index (χ4n) is 9.58. The van der Waals surface area contributed by atoms with Gasteiger partial charge in [-0.3, -0.25) is 0 Å². The van der Waals surface area contributed by atoms with Crippen molar-refractivity contribution in [3.05, 3.63) is 249 Å². The van der Waals surface area contributed by atoms with Crippen molar-refractivity contribution in [3.8, 4) is 55.6 Å². The highest BCUT2D eigenvalue weighted by molar-refractivity contribution is 6.12. The van der Waals surface area contributed by atoms with Crippen LogP contribution in [0, 0.1) is 0 Å². The number of para-hydroxylation sites is 1. The van der Waals surface area contributed by atoms with E-state index in [1.54, 1.807) is 0 Å². The summed E-state index contributed by atoms with van der Waals surface area (Å²) in [6.07, 6.45) is 0. The van der Waals surface area contributed by atoms with Crippen LogP contribution in [0.4, 0.5) is 17.1 Å². The molecular formula is C62H41NO. The molecule has 0 spiro atoms. The Hall–Kier alpha value is -8.46. The zero-order valence-electron chi connectivity index (χ0n) is 35.0. The summed E-state index contributed by atoms with van der Waals surface area (Å²) in [5.41, 5.74) is 16.8. The van der Waals surface area contributed by atoms with Crippen molar-refractivity contribution < 1.29 is 4.42 Å². The molecule has 64 heavy (non-hydrogen) atoms. The van der Waals surface area contributed by atoms with E-state index in [0.29, 0.717) is 0 Å². The summed E-state index contributed by atoms with van der Waals surface area (Å²) in [4.78, 5) is 2.42. The minimum atomic E-state index is 0.894. The first kappa shape index (κ1) is 37.3. The smallest absolute Gasteiger partial charge is 0.136 e. The van der Waals surface area contributed by atoms with Gasteiger partial charge in [0, 0.05) is 27.7 Å². The van der Waals surface area contributed by atoms with E-state index in [-0.39, 0.29) is 0 Å². The van der Waals surface area contributed by atoms with Gasteiger partial charge < -0.3 is 9.32 Å². The van der Waals surface area contributed by atoms with Gasteiger partial charge in [-0.2, -0.15) is 0 Å². The van der Waals surface area contributed by atoms with Crippen LogP contribution in [0.3, 0.4) is 0 Å². The predicted molar refractivity (Wildman–Crippen MR) is 271 cm³/mol. The number of anilines is 3. The minimum absolute atomic E-state index is 0.894. The number of furan rings is 1. The summed E-state index contributed by atoms with van der Waals surface area (Å²) >= 11 is 0. The molecule has 0 atom stereocenters. The lowest BCUT2D eigenvalue weighted by Crippen LogP contribution is -2.11. The van der Waals surface area contributed by atoms with Crippen LogP contribution in [0.25, 0.3) is 99.1 Å². The standard InChI is InChI=1S/C62H41NO/c1-2-13-46(14-3-1)56-40-35-49(55-23-11-18-45-16-5-7-20-53(45)55)41-59(56)63(51-38-33-48(34-39-51)57-24-12-26-61-62(57)58-21-8-9-25-60(58)64-61)50-36-31-43(32-37-50)42-27-29-47(30-28-42)54-22-10-17-44-15-4-6-19-52(44)54/h1-41H. The van der Waals surface area contributed by atoms with Crippen LogP contribution in [0.1, 0.15) is 0 Å². The molecule has 0 N–H and O–H groups in total. The molecule has 11 aromatic carbocycles. The van der Waals surface area contributed by atoms with Gasteiger partial charge in [0.1, 0.15) is 11.2 Å². The van der Waals surface area contributed by atoms with Crippen molar-refractivity contribution in [3.63, 3.8) is 0 Å². The van der Waals surface area contributed by atoms with E-state index >= 15 is 0 Å². The van der Waals surface area contributed by atoms with Crippen molar-refractivity contribution in [2.45, 2.75) is 0 Å². The molecule has 0 unspecified atom stereocenters.